The first-order chi connectivity index (χ1) is 7.33. The molecule has 0 unspecified atom stereocenters. The minimum Gasteiger partial charge on any atom is -0.385 e. The lowest BCUT2D eigenvalue weighted by Gasteiger charge is -2.36. The monoisotopic (exact) mass is 235 g/mol. The standard InChI is InChI=1S/C10H9F4NO/c11-8-6(9(16)4-1-5-9)2-3-7(15-8)10(12,13)14/h2-3,16H,1,4-5H2. The normalized spacial score (nSPS) is 19.3. The molecule has 1 aromatic rings. The summed E-state index contributed by atoms with van der Waals surface area (Å²) >= 11 is 0. The van der Waals surface area contributed by atoms with Crippen LogP contribution in [-0.2, 0) is 11.8 Å². The van der Waals surface area contributed by atoms with Crippen LogP contribution in [0.3, 0.4) is 0 Å². The highest BCUT2D eigenvalue weighted by Gasteiger charge is 2.40. The lowest BCUT2D eigenvalue weighted by Crippen LogP contribution is -2.35. The summed E-state index contributed by atoms with van der Waals surface area (Å²) < 4.78 is 49.9. The summed E-state index contributed by atoms with van der Waals surface area (Å²) in [6.07, 6.45) is -3.22. The molecule has 2 rings (SSSR count). The van der Waals surface area contributed by atoms with Gasteiger partial charge in [0.05, 0.1) is 5.60 Å². The van der Waals surface area contributed by atoms with Gasteiger partial charge in [-0.25, -0.2) is 4.98 Å². The minimum absolute atomic E-state index is 0.147. The van der Waals surface area contributed by atoms with Crippen molar-refractivity contribution in [2.45, 2.75) is 31.0 Å². The Morgan fingerprint density at radius 1 is 1.25 bits per heavy atom. The first-order valence-corrected chi connectivity index (χ1v) is 4.79. The van der Waals surface area contributed by atoms with Gasteiger partial charge in [0.1, 0.15) is 5.69 Å². The Morgan fingerprint density at radius 2 is 1.88 bits per heavy atom. The number of halogens is 4. The van der Waals surface area contributed by atoms with E-state index in [4.69, 9.17) is 0 Å². The fraction of sp³-hybridized carbons (Fsp3) is 0.500. The third-order valence-corrected chi connectivity index (χ3v) is 2.82. The molecule has 0 aromatic carbocycles. The van der Waals surface area contributed by atoms with E-state index < -0.39 is 23.4 Å². The Balaban J connectivity index is 2.37. The van der Waals surface area contributed by atoms with Crippen molar-refractivity contribution in [3.63, 3.8) is 0 Å². The number of rotatable bonds is 1. The molecule has 1 heterocycles. The third kappa shape index (κ3) is 1.77. The van der Waals surface area contributed by atoms with Crippen molar-refractivity contribution in [3.8, 4) is 0 Å². The maximum atomic E-state index is 13.3. The van der Waals surface area contributed by atoms with E-state index in [1.807, 2.05) is 0 Å². The number of nitrogens with zero attached hydrogens (tertiary/aromatic N) is 1. The van der Waals surface area contributed by atoms with Crippen molar-refractivity contribution in [2.24, 2.45) is 0 Å². The topological polar surface area (TPSA) is 33.1 Å². The number of hydrogen-bond acceptors (Lipinski definition) is 2. The molecule has 0 atom stereocenters. The SMILES string of the molecule is OC1(c2ccc(C(F)(F)F)nc2F)CCC1. The lowest BCUT2D eigenvalue weighted by molar-refractivity contribution is -0.141. The van der Waals surface area contributed by atoms with Gasteiger partial charge in [-0.15, -0.1) is 0 Å². The van der Waals surface area contributed by atoms with Crippen molar-refractivity contribution in [1.29, 1.82) is 0 Å². The van der Waals surface area contributed by atoms with Crippen LogP contribution in [0, 0.1) is 5.95 Å². The predicted octanol–water partition coefficient (Wildman–Crippen LogP) is 2.61. The zero-order chi connectivity index (χ0) is 12.0. The summed E-state index contributed by atoms with van der Waals surface area (Å²) in [5.74, 6) is -1.24. The Bertz CT molecular complexity index is 412. The van der Waals surface area contributed by atoms with Crippen molar-refractivity contribution in [3.05, 3.63) is 29.3 Å². The van der Waals surface area contributed by atoms with Crippen LogP contribution >= 0.6 is 0 Å². The molecule has 2 nitrogen and oxygen atoms in total. The zero-order valence-electron chi connectivity index (χ0n) is 8.18. The highest BCUT2D eigenvalue weighted by Crippen LogP contribution is 2.42. The smallest absolute Gasteiger partial charge is 0.385 e. The van der Waals surface area contributed by atoms with Crippen molar-refractivity contribution >= 4 is 0 Å². The molecule has 0 radical (unpaired) electrons. The van der Waals surface area contributed by atoms with Gasteiger partial charge >= 0.3 is 6.18 Å². The van der Waals surface area contributed by atoms with Gasteiger partial charge < -0.3 is 5.11 Å². The van der Waals surface area contributed by atoms with Crippen molar-refractivity contribution in [2.75, 3.05) is 0 Å². The maximum absolute atomic E-state index is 13.3. The van der Waals surface area contributed by atoms with E-state index in [1.165, 1.54) is 0 Å². The van der Waals surface area contributed by atoms with Gasteiger partial charge in [-0.05, 0) is 31.4 Å². The van der Waals surface area contributed by atoms with E-state index >= 15 is 0 Å². The molecule has 16 heavy (non-hydrogen) atoms. The number of aromatic nitrogens is 1. The Morgan fingerprint density at radius 3 is 2.25 bits per heavy atom. The van der Waals surface area contributed by atoms with Crippen LogP contribution in [0.25, 0.3) is 0 Å². The highest BCUT2D eigenvalue weighted by atomic mass is 19.4. The molecule has 1 N–H and O–H groups in total. The molecule has 0 aliphatic heterocycles. The first-order valence-electron chi connectivity index (χ1n) is 4.79. The summed E-state index contributed by atoms with van der Waals surface area (Å²) in [6.45, 7) is 0. The Labute approximate surface area is 88.9 Å². The number of aliphatic hydroxyl groups is 1. The van der Waals surface area contributed by atoms with Gasteiger partial charge in [-0.2, -0.15) is 17.6 Å². The molecule has 0 bridgehead atoms. The van der Waals surface area contributed by atoms with Crippen LogP contribution in [-0.4, -0.2) is 10.1 Å². The van der Waals surface area contributed by atoms with E-state index in [9.17, 15) is 22.7 Å². The molecule has 88 valence electrons. The van der Waals surface area contributed by atoms with Crippen molar-refractivity contribution < 1.29 is 22.7 Å². The van der Waals surface area contributed by atoms with Crippen LogP contribution in [0.4, 0.5) is 17.6 Å². The summed E-state index contributed by atoms with van der Waals surface area (Å²) in [5.41, 5.74) is -2.76. The van der Waals surface area contributed by atoms with Gasteiger partial charge in [-0.1, -0.05) is 0 Å². The first kappa shape index (κ1) is 11.3. The maximum Gasteiger partial charge on any atom is 0.433 e. The fourth-order valence-corrected chi connectivity index (χ4v) is 1.72. The predicted molar refractivity (Wildman–Crippen MR) is 46.9 cm³/mol. The third-order valence-electron chi connectivity index (χ3n) is 2.82. The van der Waals surface area contributed by atoms with Crippen LogP contribution in [0.5, 0.6) is 0 Å². The van der Waals surface area contributed by atoms with Gasteiger partial charge in [-0.3, -0.25) is 0 Å². The number of alkyl halides is 3. The highest BCUT2D eigenvalue weighted by molar-refractivity contribution is 5.25. The fourth-order valence-electron chi connectivity index (χ4n) is 1.72. The van der Waals surface area contributed by atoms with Crippen LogP contribution in [0.1, 0.15) is 30.5 Å². The Hall–Kier alpha value is -1.17. The van der Waals surface area contributed by atoms with Gasteiger partial charge in [0.2, 0.25) is 5.95 Å². The summed E-state index contributed by atoms with van der Waals surface area (Å²) in [5, 5.41) is 9.79. The minimum atomic E-state index is -4.67. The second-order valence-corrected chi connectivity index (χ2v) is 3.92. The second kappa shape index (κ2) is 3.41. The average Bonchev–Trinajstić information content (AvgIpc) is 2.12. The van der Waals surface area contributed by atoms with E-state index in [0.717, 1.165) is 12.5 Å². The van der Waals surface area contributed by atoms with Gasteiger partial charge in [0.15, 0.2) is 0 Å². The van der Waals surface area contributed by atoms with Gasteiger partial charge in [0.25, 0.3) is 0 Å². The van der Waals surface area contributed by atoms with Crippen LogP contribution in [0.15, 0.2) is 12.1 Å². The summed E-state index contributed by atoms with van der Waals surface area (Å²) in [6, 6.07) is 1.65. The molecule has 1 aliphatic carbocycles. The molecular formula is C10H9F4NO. The van der Waals surface area contributed by atoms with Crippen LogP contribution < -0.4 is 0 Å². The van der Waals surface area contributed by atoms with Crippen LogP contribution in [0.2, 0.25) is 0 Å². The number of pyridine rings is 1. The summed E-state index contributed by atoms with van der Waals surface area (Å²) in [7, 11) is 0. The van der Waals surface area contributed by atoms with E-state index in [-0.39, 0.29) is 5.56 Å². The van der Waals surface area contributed by atoms with Crippen molar-refractivity contribution in [1.82, 2.24) is 4.98 Å². The molecule has 1 saturated carbocycles. The molecule has 1 aliphatic rings. The Kier molecular flexibility index (Phi) is 2.41. The average molecular weight is 235 g/mol. The molecule has 0 saturated heterocycles. The number of hydrogen-bond donors (Lipinski definition) is 1. The van der Waals surface area contributed by atoms with E-state index in [2.05, 4.69) is 4.98 Å². The molecule has 0 amide bonds. The molecular weight excluding hydrogens is 226 g/mol. The molecule has 6 heteroatoms. The van der Waals surface area contributed by atoms with Gasteiger partial charge in [0, 0.05) is 5.56 Å². The quantitative estimate of drug-likeness (QED) is 0.599. The summed E-state index contributed by atoms with van der Waals surface area (Å²) in [4.78, 5) is 2.84. The molecule has 0 spiro atoms. The largest absolute Gasteiger partial charge is 0.433 e. The lowest BCUT2D eigenvalue weighted by atomic mass is 9.75. The molecule has 1 aromatic heterocycles. The van der Waals surface area contributed by atoms with E-state index in [0.29, 0.717) is 18.9 Å². The zero-order valence-corrected chi connectivity index (χ0v) is 8.18. The van der Waals surface area contributed by atoms with E-state index in [1.54, 1.807) is 0 Å². The second-order valence-electron chi connectivity index (χ2n) is 3.92. The molecule has 1 fully saturated rings.